The van der Waals surface area contributed by atoms with Crippen LogP contribution >= 0.6 is 61.2 Å². The van der Waals surface area contributed by atoms with Gasteiger partial charge in [-0.05, 0) is 0 Å². The van der Waals surface area contributed by atoms with Crippen molar-refractivity contribution in [2.75, 3.05) is 0 Å². The van der Waals surface area contributed by atoms with Gasteiger partial charge in [-0.1, -0.05) is 0 Å². The molecule has 0 aliphatic rings. The summed E-state index contributed by atoms with van der Waals surface area (Å²) in [7, 11) is 1.73. The highest BCUT2D eigenvalue weighted by Crippen LogP contribution is 2.29. The molecule has 0 rings (SSSR count). The van der Waals surface area contributed by atoms with Gasteiger partial charge in [0.1, 0.15) is 0 Å². The molecule has 0 aliphatic carbocycles. The van der Waals surface area contributed by atoms with Crippen molar-refractivity contribution in [1.29, 1.82) is 0 Å². The van der Waals surface area contributed by atoms with Gasteiger partial charge in [0, 0.05) is 4.57 Å². The molecule has 0 fully saturated rings. The van der Waals surface area contributed by atoms with Gasteiger partial charge in [-0.3, -0.25) is 0 Å². The Morgan fingerprint density at radius 2 is 1.38 bits per heavy atom. The van der Waals surface area contributed by atoms with Crippen molar-refractivity contribution in [2.24, 2.45) is 0 Å². The Bertz CT molecular complexity index is 50.5. The summed E-state index contributed by atoms with van der Waals surface area (Å²) in [4.78, 5) is 0. The predicted molar refractivity (Wildman–Crippen MR) is 49.8 cm³/mol. The van der Waals surface area contributed by atoms with E-state index in [1.807, 2.05) is 18.9 Å². The van der Waals surface area contributed by atoms with Gasteiger partial charge in [0.25, 0.3) is 0 Å². The molecule has 0 aromatic heterocycles. The molecule has 8 heavy (non-hydrogen) atoms. The van der Waals surface area contributed by atoms with Crippen molar-refractivity contribution in [1.82, 2.24) is 0 Å². The number of hydrogen-bond acceptors (Lipinski definition) is 3. The lowest BCUT2D eigenvalue weighted by Gasteiger charge is -1.66. The van der Waals surface area contributed by atoms with E-state index in [-0.39, 0.29) is 34.0 Å². The van der Waals surface area contributed by atoms with Gasteiger partial charge in [-0.2, -0.15) is 0 Å². The lowest BCUT2D eigenvalue weighted by molar-refractivity contribution is 0.461. The molecule has 0 N–H and O–H groups in total. The average Bonchev–Trinajstić information content (AvgIpc) is 1.65. The van der Waals surface area contributed by atoms with Crippen molar-refractivity contribution in [3.8, 4) is 0 Å². The van der Waals surface area contributed by atoms with Crippen LogP contribution in [0, 0.1) is 0 Å². The van der Waals surface area contributed by atoms with E-state index in [0.717, 1.165) is 0 Å². The Balaban J connectivity index is -0.000000125. The van der Waals surface area contributed by atoms with Crippen molar-refractivity contribution < 1.29 is 13.2 Å². The Hall–Kier alpha value is 1.84. The van der Waals surface area contributed by atoms with Crippen molar-refractivity contribution in [3.63, 3.8) is 0 Å². The summed E-state index contributed by atoms with van der Waals surface area (Å²) in [5.74, 6) is 0. The van der Waals surface area contributed by atoms with Crippen LogP contribution in [0.25, 0.3) is 0 Å². The summed E-state index contributed by atoms with van der Waals surface area (Å²) >= 11 is 0. The Morgan fingerprint density at radius 1 is 1.12 bits per heavy atom. The molecule has 0 radical (unpaired) electrons. The summed E-state index contributed by atoms with van der Waals surface area (Å²) in [6.45, 7) is 0. The van der Waals surface area contributed by atoms with Gasteiger partial charge < -0.3 is 0 Å². The molecular weight excluding hydrogens is 301 g/mol. The maximum atomic E-state index is 9.84. The van der Waals surface area contributed by atoms with E-state index in [1.54, 1.807) is 0 Å². The van der Waals surface area contributed by atoms with Crippen LogP contribution in [0.2, 0.25) is 0 Å². The van der Waals surface area contributed by atoms with Crippen LogP contribution in [0.3, 0.4) is 0 Å². The predicted octanol–water partition coefficient (Wildman–Crippen LogP) is 2.41. The van der Waals surface area contributed by atoms with Crippen LogP contribution in [0.5, 0.6) is 0 Å². The lowest BCUT2D eigenvalue weighted by Crippen LogP contribution is -1.49. The van der Waals surface area contributed by atoms with E-state index < -0.39 is 8.25 Å². The molecule has 3 nitrogen and oxygen atoms in total. The highest BCUT2D eigenvalue weighted by atomic mass is 79.9. The van der Waals surface area contributed by atoms with E-state index in [0.29, 0.717) is 0 Å². The van der Waals surface area contributed by atoms with E-state index in [9.17, 15) is 4.57 Å². The van der Waals surface area contributed by atoms with Crippen LogP contribution in [-0.2, 0) is 13.2 Å². The summed E-state index contributed by atoms with van der Waals surface area (Å²) in [5, 5.41) is 0. The van der Waals surface area contributed by atoms with Gasteiger partial charge >= 0.3 is 8.25 Å². The maximum Gasteiger partial charge on any atom is 0.702 e. The molecule has 0 spiro atoms. The third-order valence-electron chi connectivity index (χ3n) is 0.172. The van der Waals surface area contributed by atoms with Crippen molar-refractivity contribution >= 4 is 61.2 Å². The summed E-state index contributed by atoms with van der Waals surface area (Å²) in [6, 6.07) is 0. The van der Waals surface area contributed by atoms with Gasteiger partial charge in [0.05, 0.1) is 18.9 Å². The normalized spacial score (nSPS) is 6.25. The van der Waals surface area contributed by atoms with Crippen LogP contribution in [0.1, 0.15) is 0 Å². The first-order chi connectivity index (χ1) is 2.81. The number of hydrogen-bond donors (Lipinski definition) is 0. The highest BCUT2D eigenvalue weighted by molar-refractivity contribution is 8.93. The van der Waals surface area contributed by atoms with Gasteiger partial charge in [0.15, 0.2) is 0 Å². The fourth-order valence-corrected chi connectivity index (χ4v) is 0.671. The van der Waals surface area contributed by atoms with E-state index in [1.165, 1.54) is 0 Å². The molecule has 0 saturated carbocycles. The topological polar surface area (TPSA) is 35.5 Å². The maximum absolute atomic E-state index is 9.84. The third-order valence-corrected chi connectivity index (χ3v) is 1.55. The minimum Gasteiger partial charge on any atom is -0.114 e. The van der Waals surface area contributed by atoms with E-state index in [2.05, 4.69) is 8.62 Å². The van der Waals surface area contributed by atoms with Crippen LogP contribution < -0.4 is 0 Å². The molecule has 0 aromatic rings. The minimum absolute atomic E-state index is 0. The molecular formula is H6Br2O3P3+. The standard InChI is InChI=1S/2BrH.H4O3P3/c;;1-6(2-4)3-5/h2*1H;4-5H2/q;;+1. The van der Waals surface area contributed by atoms with E-state index >= 15 is 0 Å². The molecule has 2 unspecified atom stereocenters. The SMILES string of the molecule is Br.Br.O=[P+](OP)OP. The summed E-state index contributed by atoms with van der Waals surface area (Å²) < 4.78 is 18.0. The number of rotatable bonds is 2. The molecule has 0 amide bonds. The lowest BCUT2D eigenvalue weighted by atomic mass is 15.8. The molecule has 2 atom stereocenters. The highest BCUT2D eigenvalue weighted by Gasteiger charge is 2.11. The van der Waals surface area contributed by atoms with Crippen LogP contribution in [0.15, 0.2) is 0 Å². The van der Waals surface area contributed by atoms with Gasteiger partial charge in [-0.15, -0.1) is 42.6 Å². The Morgan fingerprint density at radius 3 is 1.38 bits per heavy atom. The van der Waals surface area contributed by atoms with Gasteiger partial charge in [-0.25, -0.2) is 0 Å². The largest absolute Gasteiger partial charge is 0.702 e. The zero-order valence-electron chi connectivity index (χ0n) is 3.64. The Labute approximate surface area is 74.3 Å². The monoisotopic (exact) mass is 305 g/mol. The molecule has 52 valence electrons. The van der Waals surface area contributed by atoms with E-state index in [4.69, 9.17) is 0 Å². The first kappa shape index (κ1) is 16.4. The summed E-state index contributed by atoms with van der Waals surface area (Å²) in [5.41, 5.74) is 0. The molecule has 0 saturated heterocycles. The first-order valence-electron chi connectivity index (χ1n) is 1.02. The van der Waals surface area contributed by atoms with Crippen molar-refractivity contribution in [3.05, 3.63) is 0 Å². The second-order valence-electron chi connectivity index (χ2n) is 0.434. The number of halogens is 2. The van der Waals surface area contributed by atoms with Crippen molar-refractivity contribution in [2.45, 2.75) is 0 Å². The molecule has 0 aromatic carbocycles. The molecule has 0 aliphatic heterocycles. The summed E-state index contributed by atoms with van der Waals surface area (Å²) in [6.07, 6.45) is 0. The second-order valence-corrected chi connectivity index (χ2v) is 2.57. The zero-order chi connectivity index (χ0) is 4.99. The van der Waals surface area contributed by atoms with Crippen LogP contribution in [-0.4, -0.2) is 0 Å². The second kappa shape index (κ2) is 11.6. The molecule has 0 bridgehead atoms. The quantitative estimate of drug-likeness (QED) is 0.735. The fourth-order valence-electron chi connectivity index (χ4n) is 0.0248. The average molecular weight is 307 g/mol. The first-order valence-corrected chi connectivity index (χ1v) is 3.06. The molecule has 0 heterocycles. The smallest absolute Gasteiger partial charge is 0.114 e. The fraction of sp³-hybridized carbons (Fsp3) is 0. The zero-order valence-corrected chi connectivity index (χ0v) is 10.3. The third kappa shape index (κ3) is 10.8. The Kier molecular flexibility index (Phi) is 23.9. The minimum atomic E-state index is -1.90. The van der Waals surface area contributed by atoms with Gasteiger partial charge in [0.2, 0.25) is 0 Å². The molecule has 8 heteroatoms. The van der Waals surface area contributed by atoms with Crippen LogP contribution in [0.4, 0.5) is 0 Å².